The zero-order valence-corrected chi connectivity index (χ0v) is 17.5. The van der Waals surface area contributed by atoms with Gasteiger partial charge in [0.05, 0.1) is 18.0 Å². The van der Waals surface area contributed by atoms with Crippen LogP contribution in [0.2, 0.25) is 0 Å². The molecule has 0 radical (unpaired) electrons. The molecule has 0 aliphatic carbocycles. The Kier molecular flexibility index (Phi) is 5.62. The molecule has 8 nitrogen and oxygen atoms in total. The molecule has 1 fully saturated rings. The van der Waals surface area contributed by atoms with E-state index in [0.717, 1.165) is 56.7 Å². The third kappa shape index (κ3) is 4.17. The maximum absolute atomic E-state index is 13.1. The van der Waals surface area contributed by atoms with E-state index in [4.69, 9.17) is 0 Å². The van der Waals surface area contributed by atoms with Gasteiger partial charge in [-0.3, -0.25) is 14.4 Å². The Balaban J connectivity index is 1.42. The van der Waals surface area contributed by atoms with Gasteiger partial charge in [0.15, 0.2) is 5.65 Å². The monoisotopic (exact) mass is 395 g/mol. The van der Waals surface area contributed by atoms with Gasteiger partial charge in [0.25, 0.3) is 5.91 Å². The smallest absolute Gasteiger partial charge is 0.255 e. The molecule has 0 aromatic carbocycles. The summed E-state index contributed by atoms with van der Waals surface area (Å²) < 4.78 is 3.83. The second-order valence-electron chi connectivity index (χ2n) is 7.95. The molecule has 154 valence electrons. The number of hydrogen-bond acceptors (Lipinski definition) is 5. The van der Waals surface area contributed by atoms with Crippen LogP contribution in [0.1, 0.15) is 49.2 Å². The molecular formula is C21H29N7O. The molecule has 1 aliphatic rings. The molecule has 0 unspecified atom stereocenters. The van der Waals surface area contributed by atoms with Gasteiger partial charge in [0, 0.05) is 68.7 Å². The third-order valence-corrected chi connectivity index (χ3v) is 5.46. The minimum Gasteiger partial charge on any atom is -0.337 e. The van der Waals surface area contributed by atoms with E-state index in [0.29, 0.717) is 5.56 Å². The molecule has 0 spiro atoms. The highest BCUT2D eigenvalue weighted by atomic mass is 16.2. The number of aromatic nitrogens is 5. The lowest BCUT2D eigenvalue weighted by molar-refractivity contribution is 0.0761. The number of rotatable bonds is 5. The Labute approximate surface area is 171 Å². The van der Waals surface area contributed by atoms with Gasteiger partial charge >= 0.3 is 0 Å². The predicted octanol–water partition coefficient (Wildman–Crippen LogP) is 2.58. The summed E-state index contributed by atoms with van der Waals surface area (Å²) in [4.78, 5) is 21.9. The highest BCUT2D eigenvalue weighted by Gasteiger charge is 2.22. The highest BCUT2D eigenvalue weighted by molar-refractivity contribution is 5.96. The number of nitrogens with zero attached hydrogens (tertiary/aromatic N) is 7. The van der Waals surface area contributed by atoms with Crippen LogP contribution >= 0.6 is 0 Å². The van der Waals surface area contributed by atoms with Crippen molar-refractivity contribution in [1.29, 1.82) is 0 Å². The Hall–Kier alpha value is -2.74. The zero-order valence-electron chi connectivity index (χ0n) is 17.5. The molecule has 29 heavy (non-hydrogen) atoms. The number of hydrogen-bond donors (Lipinski definition) is 0. The van der Waals surface area contributed by atoms with Crippen LogP contribution in [0.5, 0.6) is 0 Å². The second kappa shape index (κ2) is 8.32. The Morgan fingerprint density at radius 2 is 1.97 bits per heavy atom. The fourth-order valence-corrected chi connectivity index (χ4v) is 3.87. The molecule has 4 rings (SSSR count). The maximum Gasteiger partial charge on any atom is 0.255 e. The van der Waals surface area contributed by atoms with E-state index in [1.807, 2.05) is 26.5 Å². The summed E-state index contributed by atoms with van der Waals surface area (Å²) in [6.45, 7) is 11.3. The van der Waals surface area contributed by atoms with Gasteiger partial charge in [-0.15, -0.1) is 0 Å². The van der Waals surface area contributed by atoms with Gasteiger partial charge < -0.3 is 4.90 Å². The van der Waals surface area contributed by atoms with Crippen LogP contribution < -0.4 is 0 Å². The molecule has 0 atom stereocenters. The number of pyridine rings is 1. The number of amides is 1. The van der Waals surface area contributed by atoms with Crippen LogP contribution in [0.25, 0.3) is 11.0 Å². The van der Waals surface area contributed by atoms with E-state index in [-0.39, 0.29) is 11.9 Å². The van der Waals surface area contributed by atoms with E-state index in [1.165, 1.54) is 5.56 Å². The van der Waals surface area contributed by atoms with Crippen molar-refractivity contribution >= 4 is 16.9 Å². The Morgan fingerprint density at radius 1 is 1.10 bits per heavy atom. The van der Waals surface area contributed by atoms with Gasteiger partial charge in [0.2, 0.25) is 0 Å². The van der Waals surface area contributed by atoms with Gasteiger partial charge in [-0.25, -0.2) is 9.67 Å². The van der Waals surface area contributed by atoms with Crippen molar-refractivity contribution in [3.05, 3.63) is 42.0 Å². The average molecular weight is 396 g/mol. The first-order valence-electron chi connectivity index (χ1n) is 10.4. The molecule has 3 aromatic rings. The molecule has 1 amide bonds. The molecule has 3 aromatic heterocycles. The third-order valence-electron chi connectivity index (χ3n) is 5.46. The molecule has 0 bridgehead atoms. The van der Waals surface area contributed by atoms with Crippen LogP contribution in [0.4, 0.5) is 0 Å². The minimum absolute atomic E-state index is 0.0531. The molecule has 0 N–H and O–H groups in total. The van der Waals surface area contributed by atoms with Crippen LogP contribution in [0.15, 0.2) is 30.9 Å². The fraction of sp³-hybridized carbons (Fsp3) is 0.524. The SMILES string of the molecule is CCn1cc(CN2CCCN(C(=O)c3cnc4c(cnn4C(C)C)c3)CC2)cn1. The summed E-state index contributed by atoms with van der Waals surface area (Å²) >= 11 is 0. The van der Waals surface area contributed by atoms with E-state index in [9.17, 15) is 4.79 Å². The molecule has 1 saturated heterocycles. The summed E-state index contributed by atoms with van der Waals surface area (Å²) in [5, 5.41) is 9.66. The van der Waals surface area contributed by atoms with E-state index in [2.05, 4.69) is 47.0 Å². The first-order chi connectivity index (χ1) is 14.0. The minimum atomic E-state index is 0.0531. The van der Waals surface area contributed by atoms with Crippen LogP contribution in [-0.4, -0.2) is 66.4 Å². The topological polar surface area (TPSA) is 72.1 Å². The van der Waals surface area contributed by atoms with Crippen molar-refractivity contribution < 1.29 is 4.79 Å². The summed E-state index contributed by atoms with van der Waals surface area (Å²) in [5.41, 5.74) is 2.69. The van der Waals surface area contributed by atoms with E-state index in [1.54, 1.807) is 12.4 Å². The largest absolute Gasteiger partial charge is 0.337 e. The standard InChI is InChI=1S/C21H29N7O/c1-4-27-15-17(11-23-27)14-25-6-5-7-26(9-8-25)21(29)19-10-18-13-24-28(16(2)3)20(18)22-12-19/h10-13,15-16H,4-9,14H2,1-3H3. The lowest BCUT2D eigenvalue weighted by atomic mass is 10.2. The van der Waals surface area contributed by atoms with Crippen molar-refractivity contribution in [3.63, 3.8) is 0 Å². The molecule has 4 heterocycles. The average Bonchev–Trinajstić information content (AvgIpc) is 3.28. The zero-order chi connectivity index (χ0) is 20.4. The first kappa shape index (κ1) is 19.6. The van der Waals surface area contributed by atoms with Crippen molar-refractivity contribution in [3.8, 4) is 0 Å². The van der Waals surface area contributed by atoms with Crippen LogP contribution in [0.3, 0.4) is 0 Å². The van der Waals surface area contributed by atoms with E-state index >= 15 is 0 Å². The summed E-state index contributed by atoms with van der Waals surface area (Å²) in [7, 11) is 0. The summed E-state index contributed by atoms with van der Waals surface area (Å²) in [5.74, 6) is 0.0531. The van der Waals surface area contributed by atoms with Crippen molar-refractivity contribution in [2.24, 2.45) is 0 Å². The number of carbonyl (C=O) groups is 1. The Bertz CT molecular complexity index is 990. The van der Waals surface area contributed by atoms with Crippen LogP contribution in [-0.2, 0) is 13.1 Å². The number of carbonyl (C=O) groups excluding carboxylic acids is 1. The molecule has 0 saturated carbocycles. The van der Waals surface area contributed by atoms with E-state index < -0.39 is 0 Å². The Morgan fingerprint density at radius 3 is 2.72 bits per heavy atom. The quantitative estimate of drug-likeness (QED) is 0.664. The lowest BCUT2D eigenvalue weighted by Gasteiger charge is -2.21. The first-order valence-corrected chi connectivity index (χ1v) is 10.4. The lowest BCUT2D eigenvalue weighted by Crippen LogP contribution is -2.35. The second-order valence-corrected chi connectivity index (χ2v) is 7.95. The number of aryl methyl sites for hydroxylation is 1. The maximum atomic E-state index is 13.1. The van der Waals surface area contributed by atoms with Crippen molar-refractivity contribution in [2.45, 2.75) is 46.3 Å². The molecule has 1 aliphatic heterocycles. The summed E-state index contributed by atoms with van der Waals surface area (Å²) in [6.07, 6.45) is 8.49. The van der Waals surface area contributed by atoms with Crippen molar-refractivity contribution in [2.75, 3.05) is 26.2 Å². The molecule has 8 heteroatoms. The predicted molar refractivity (Wildman–Crippen MR) is 112 cm³/mol. The normalized spacial score (nSPS) is 15.9. The summed E-state index contributed by atoms with van der Waals surface area (Å²) in [6, 6.07) is 2.15. The van der Waals surface area contributed by atoms with Gasteiger partial charge in [-0.2, -0.15) is 10.2 Å². The van der Waals surface area contributed by atoms with Gasteiger partial charge in [-0.05, 0) is 33.3 Å². The highest BCUT2D eigenvalue weighted by Crippen LogP contribution is 2.18. The van der Waals surface area contributed by atoms with Gasteiger partial charge in [-0.1, -0.05) is 0 Å². The molecular weight excluding hydrogens is 366 g/mol. The van der Waals surface area contributed by atoms with Gasteiger partial charge in [0.1, 0.15) is 0 Å². The fourth-order valence-electron chi connectivity index (χ4n) is 3.87. The van der Waals surface area contributed by atoms with Crippen molar-refractivity contribution in [1.82, 2.24) is 34.3 Å². The van der Waals surface area contributed by atoms with Crippen LogP contribution in [0, 0.1) is 0 Å². The number of fused-ring (bicyclic) bond motifs is 1.